The lowest BCUT2D eigenvalue weighted by molar-refractivity contribution is -0.110. The number of carbonyl (C=O) groups is 2. The number of amides is 2. The SMILES string of the molecule is CCCCNC(=O)c1ccc(N/C(=C2\C(=O)Nc3ccc(N)cc32)c2ccccc2)cc1. The van der Waals surface area contributed by atoms with E-state index in [1.807, 2.05) is 48.5 Å². The minimum atomic E-state index is -0.191. The molecule has 0 aromatic heterocycles. The van der Waals surface area contributed by atoms with E-state index in [4.69, 9.17) is 5.73 Å². The maximum absolute atomic E-state index is 12.9. The van der Waals surface area contributed by atoms with Crippen LogP contribution in [0.4, 0.5) is 17.1 Å². The molecule has 0 fully saturated rings. The van der Waals surface area contributed by atoms with Crippen LogP contribution in [0.3, 0.4) is 0 Å². The summed E-state index contributed by atoms with van der Waals surface area (Å²) in [6, 6.07) is 22.3. The summed E-state index contributed by atoms with van der Waals surface area (Å²) in [6.07, 6.45) is 1.98. The summed E-state index contributed by atoms with van der Waals surface area (Å²) in [5, 5.41) is 9.23. The van der Waals surface area contributed by atoms with Crippen LogP contribution in [0.2, 0.25) is 0 Å². The zero-order chi connectivity index (χ0) is 22.5. The van der Waals surface area contributed by atoms with E-state index in [1.54, 1.807) is 24.3 Å². The molecular weight excluding hydrogens is 400 g/mol. The molecule has 32 heavy (non-hydrogen) atoms. The lowest BCUT2D eigenvalue weighted by Crippen LogP contribution is -2.24. The number of fused-ring (bicyclic) bond motifs is 1. The molecule has 1 heterocycles. The minimum absolute atomic E-state index is 0.0915. The van der Waals surface area contributed by atoms with Crippen LogP contribution in [0, 0.1) is 0 Å². The molecule has 0 saturated carbocycles. The number of benzene rings is 3. The molecule has 2 amide bonds. The van der Waals surface area contributed by atoms with Crippen molar-refractivity contribution in [2.24, 2.45) is 0 Å². The molecule has 0 radical (unpaired) electrons. The van der Waals surface area contributed by atoms with Gasteiger partial charge >= 0.3 is 0 Å². The third-order valence-corrected chi connectivity index (χ3v) is 5.33. The maximum Gasteiger partial charge on any atom is 0.258 e. The first-order valence-electron chi connectivity index (χ1n) is 10.7. The normalized spacial score (nSPS) is 13.8. The van der Waals surface area contributed by atoms with Crippen molar-refractivity contribution in [3.63, 3.8) is 0 Å². The zero-order valence-corrected chi connectivity index (χ0v) is 17.9. The van der Waals surface area contributed by atoms with Crippen molar-refractivity contribution in [3.8, 4) is 0 Å². The Morgan fingerprint density at radius 1 is 0.969 bits per heavy atom. The van der Waals surface area contributed by atoms with Crippen LogP contribution in [0.15, 0.2) is 72.8 Å². The number of nitrogens with two attached hydrogens (primary N) is 1. The lowest BCUT2D eigenvalue weighted by Gasteiger charge is -2.15. The van der Waals surface area contributed by atoms with Gasteiger partial charge in [0, 0.05) is 34.7 Å². The summed E-state index contributed by atoms with van der Waals surface area (Å²) >= 11 is 0. The van der Waals surface area contributed by atoms with E-state index in [-0.39, 0.29) is 11.8 Å². The van der Waals surface area contributed by atoms with Crippen molar-refractivity contribution in [2.45, 2.75) is 19.8 Å². The number of nitrogen functional groups attached to an aromatic ring is 1. The van der Waals surface area contributed by atoms with Gasteiger partial charge in [-0.05, 0) is 54.4 Å². The monoisotopic (exact) mass is 426 g/mol. The van der Waals surface area contributed by atoms with Gasteiger partial charge in [-0.15, -0.1) is 0 Å². The van der Waals surface area contributed by atoms with E-state index in [0.717, 1.165) is 35.3 Å². The number of hydrogen-bond donors (Lipinski definition) is 4. The number of anilines is 3. The van der Waals surface area contributed by atoms with Gasteiger partial charge < -0.3 is 21.7 Å². The van der Waals surface area contributed by atoms with Crippen molar-refractivity contribution >= 4 is 40.1 Å². The number of nitrogens with one attached hydrogen (secondary N) is 3. The first kappa shape index (κ1) is 21.2. The van der Waals surface area contributed by atoms with Crippen LogP contribution >= 0.6 is 0 Å². The van der Waals surface area contributed by atoms with E-state index in [0.29, 0.717) is 29.1 Å². The fourth-order valence-corrected chi connectivity index (χ4v) is 3.65. The fourth-order valence-electron chi connectivity index (χ4n) is 3.65. The molecule has 4 rings (SSSR count). The van der Waals surface area contributed by atoms with Crippen LogP contribution in [0.1, 0.15) is 41.3 Å². The van der Waals surface area contributed by atoms with Crippen LogP contribution < -0.4 is 21.7 Å². The van der Waals surface area contributed by atoms with Gasteiger partial charge in [0.25, 0.3) is 11.8 Å². The summed E-state index contributed by atoms with van der Waals surface area (Å²) in [6.45, 7) is 2.75. The Kier molecular flexibility index (Phi) is 6.22. The minimum Gasteiger partial charge on any atom is -0.399 e. The molecule has 162 valence electrons. The topological polar surface area (TPSA) is 96.2 Å². The number of unbranched alkanes of at least 4 members (excludes halogenated alkanes) is 1. The Hall–Kier alpha value is -4.06. The van der Waals surface area contributed by atoms with Crippen LogP contribution in [0.5, 0.6) is 0 Å². The average Bonchev–Trinajstić information content (AvgIpc) is 3.13. The molecule has 0 unspecified atom stereocenters. The highest BCUT2D eigenvalue weighted by Crippen LogP contribution is 2.38. The molecule has 0 atom stereocenters. The predicted molar refractivity (Wildman–Crippen MR) is 130 cm³/mol. The van der Waals surface area contributed by atoms with Crippen LogP contribution in [-0.2, 0) is 4.79 Å². The highest BCUT2D eigenvalue weighted by molar-refractivity contribution is 6.37. The Balaban J connectivity index is 1.69. The summed E-state index contributed by atoms with van der Waals surface area (Å²) < 4.78 is 0. The second-order valence-corrected chi connectivity index (χ2v) is 7.69. The average molecular weight is 427 g/mol. The van der Waals surface area contributed by atoms with Gasteiger partial charge in [0.05, 0.1) is 11.3 Å². The molecule has 6 heteroatoms. The largest absolute Gasteiger partial charge is 0.399 e. The molecule has 1 aliphatic heterocycles. The number of carbonyl (C=O) groups excluding carboxylic acids is 2. The van der Waals surface area contributed by atoms with Gasteiger partial charge in [-0.2, -0.15) is 0 Å². The van der Waals surface area contributed by atoms with Gasteiger partial charge in [0.1, 0.15) is 0 Å². The maximum atomic E-state index is 12.9. The second-order valence-electron chi connectivity index (χ2n) is 7.69. The zero-order valence-electron chi connectivity index (χ0n) is 17.9. The van der Waals surface area contributed by atoms with Crippen LogP contribution in [-0.4, -0.2) is 18.4 Å². The molecule has 0 aliphatic carbocycles. The first-order chi connectivity index (χ1) is 15.6. The van der Waals surface area contributed by atoms with E-state index in [1.165, 1.54) is 0 Å². The van der Waals surface area contributed by atoms with Crippen molar-refractivity contribution < 1.29 is 9.59 Å². The Bertz CT molecular complexity index is 1170. The Morgan fingerprint density at radius 2 is 1.72 bits per heavy atom. The summed E-state index contributed by atoms with van der Waals surface area (Å²) in [4.78, 5) is 25.2. The third-order valence-electron chi connectivity index (χ3n) is 5.33. The standard InChI is InChI=1S/C26H26N4O2/c1-2-3-15-28-25(31)18-9-12-20(13-10-18)29-24(17-7-5-4-6-8-17)23-21-16-19(27)11-14-22(21)30-26(23)32/h4-14,16,29H,2-3,15,27H2,1H3,(H,28,31)(H,30,32)/b24-23-. The summed E-state index contributed by atoms with van der Waals surface area (Å²) in [7, 11) is 0. The quantitative estimate of drug-likeness (QED) is 0.249. The predicted octanol–water partition coefficient (Wildman–Crippen LogP) is 4.73. The molecule has 0 bridgehead atoms. The Morgan fingerprint density at radius 3 is 2.44 bits per heavy atom. The highest BCUT2D eigenvalue weighted by Gasteiger charge is 2.28. The van der Waals surface area contributed by atoms with E-state index in [9.17, 15) is 9.59 Å². The smallest absolute Gasteiger partial charge is 0.258 e. The van der Waals surface area contributed by atoms with Crippen molar-refractivity contribution in [2.75, 3.05) is 22.9 Å². The molecule has 1 aliphatic rings. The van der Waals surface area contributed by atoms with Crippen molar-refractivity contribution in [3.05, 3.63) is 89.5 Å². The van der Waals surface area contributed by atoms with E-state index < -0.39 is 0 Å². The molecule has 3 aromatic carbocycles. The highest BCUT2D eigenvalue weighted by atomic mass is 16.2. The van der Waals surface area contributed by atoms with Gasteiger partial charge in [0.15, 0.2) is 0 Å². The first-order valence-corrected chi connectivity index (χ1v) is 10.7. The summed E-state index contributed by atoms with van der Waals surface area (Å²) in [5.41, 5.74) is 11.5. The van der Waals surface area contributed by atoms with Gasteiger partial charge in [-0.25, -0.2) is 0 Å². The summed E-state index contributed by atoms with van der Waals surface area (Å²) in [5.74, 6) is -0.282. The van der Waals surface area contributed by atoms with Crippen LogP contribution in [0.25, 0.3) is 11.3 Å². The molecule has 0 spiro atoms. The second kappa shape index (κ2) is 9.39. The molecule has 5 N–H and O–H groups in total. The van der Waals surface area contributed by atoms with Crippen molar-refractivity contribution in [1.82, 2.24) is 5.32 Å². The number of rotatable bonds is 7. The molecular formula is C26H26N4O2. The molecule has 0 saturated heterocycles. The number of hydrogen-bond acceptors (Lipinski definition) is 4. The fraction of sp³-hybridized carbons (Fsp3) is 0.154. The molecule has 3 aromatic rings. The molecule has 6 nitrogen and oxygen atoms in total. The van der Waals surface area contributed by atoms with Gasteiger partial charge in [0.2, 0.25) is 0 Å². The Labute approximate surface area is 187 Å². The van der Waals surface area contributed by atoms with Crippen molar-refractivity contribution in [1.29, 1.82) is 0 Å². The van der Waals surface area contributed by atoms with E-state index >= 15 is 0 Å². The lowest BCUT2D eigenvalue weighted by atomic mass is 9.99. The van der Waals surface area contributed by atoms with Gasteiger partial charge in [-0.1, -0.05) is 43.7 Å². The third kappa shape index (κ3) is 4.49. The van der Waals surface area contributed by atoms with Gasteiger partial charge in [-0.3, -0.25) is 9.59 Å². The van der Waals surface area contributed by atoms with E-state index in [2.05, 4.69) is 22.9 Å².